The fraction of sp³-hybridized carbons (Fsp3) is 0.375. The van der Waals surface area contributed by atoms with E-state index in [-0.39, 0.29) is 29.8 Å². The molecule has 23 heavy (non-hydrogen) atoms. The normalized spacial score (nSPS) is 11.0. The van der Waals surface area contributed by atoms with Gasteiger partial charge in [-0.05, 0) is 24.6 Å². The number of benzene rings is 1. The smallest absolute Gasteiger partial charge is 0.193 e. The van der Waals surface area contributed by atoms with Crippen LogP contribution in [0.3, 0.4) is 0 Å². The zero-order valence-electron chi connectivity index (χ0n) is 13.5. The molecular formula is C16H22FIN4S. The van der Waals surface area contributed by atoms with E-state index in [2.05, 4.69) is 22.2 Å². The summed E-state index contributed by atoms with van der Waals surface area (Å²) in [6.07, 6.45) is 2.78. The lowest BCUT2D eigenvalue weighted by Crippen LogP contribution is -2.39. The van der Waals surface area contributed by atoms with Crippen molar-refractivity contribution in [2.45, 2.75) is 19.9 Å². The molecule has 0 aliphatic rings. The van der Waals surface area contributed by atoms with Gasteiger partial charge in [-0.1, -0.05) is 12.1 Å². The molecule has 0 amide bonds. The van der Waals surface area contributed by atoms with Gasteiger partial charge in [0.05, 0.1) is 5.01 Å². The predicted molar refractivity (Wildman–Crippen MR) is 105 cm³/mol. The van der Waals surface area contributed by atoms with Crippen molar-refractivity contribution >= 4 is 41.3 Å². The van der Waals surface area contributed by atoms with Gasteiger partial charge in [0.1, 0.15) is 5.82 Å². The van der Waals surface area contributed by atoms with Crippen molar-refractivity contribution < 1.29 is 4.39 Å². The van der Waals surface area contributed by atoms with Gasteiger partial charge in [-0.25, -0.2) is 9.37 Å². The minimum Gasteiger partial charge on any atom is -0.356 e. The number of aliphatic imine (C=N–C) groups is 1. The Labute approximate surface area is 157 Å². The zero-order valence-corrected chi connectivity index (χ0v) is 16.7. The number of thiazole rings is 1. The van der Waals surface area contributed by atoms with E-state index < -0.39 is 0 Å². The highest BCUT2D eigenvalue weighted by molar-refractivity contribution is 14.0. The lowest BCUT2D eigenvalue weighted by molar-refractivity contribution is 0.476. The van der Waals surface area contributed by atoms with E-state index in [9.17, 15) is 4.39 Å². The molecule has 126 valence electrons. The number of hydrogen-bond donors (Lipinski definition) is 1. The Hall–Kier alpha value is -1.22. The molecule has 7 heteroatoms. The van der Waals surface area contributed by atoms with Gasteiger partial charge in [-0.2, -0.15) is 0 Å². The summed E-state index contributed by atoms with van der Waals surface area (Å²) in [6, 6.07) is 6.53. The first-order valence-electron chi connectivity index (χ1n) is 7.16. The van der Waals surface area contributed by atoms with Crippen LogP contribution < -0.4 is 5.32 Å². The van der Waals surface area contributed by atoms with Crippen LogP contribution in [0.25, 0.3) is 0 Å². The quantitative estimate of drug-likeness (QED) is 0.433. The summed E-state index contributed by atoms with van der Waals surface area (Å²) >= 11 is 1.72. The highest BCUT2D eigenvalue weighted by Gasteiger charge is 2.07. The van der Waals surface area contributed by atoms with Crippen LogP contribution in [0.1, 0.15) is 15.4 Å². The molecule has 1 aromatic carbocycles. The number of aromatic nitrogens is 1. The number of hydrogen-bond acceptors (Lipinski definition) is 3. The molecular weight excluding hydrogens is 426 g/mol. The molecule has 0 fully saturated rings. The number of halogens is 2. The zero-order chi connectivity index (χ0) is 15.9. The molecule has 0 aliphatic carbocycles. The monoisotopic (exact) mass is 448 g/mol. The molecule has 0 saturated carbocycles. The lowest BCUT2D eigenvalue weighted by Gasteiger charge is -2.22. The Morgan fingerprint density at radius 3 is 2.61 bits per heavy atom. The van der Waals surface area contributed by atoms with Crippen LogP contribution in [0, 0.1) is 12.7 Å². The highest BCUT2D eigenvalue weighted by Crippen LogP contribution is 2.11. The van der Waals surface area contributed by atoms with E-state index in [4.69, 9.17) is 0 Å². The minimum absolute atomic E-state index is 0. The van der Waals surface area contributed by atoms with Crippen LogP contribution in [-0.4, -0.2) is 36.5 Å². The lowest BCUT2D eigenvalue weighted by atomic mass is 10.2. The topological polar surface area (TPSA) is 40.5 Å². The van der Waals surface area contributed by atoms with Crippen LogP contribution in [0.5, 0.6) is 0 Å². The second kappa shape index (κ2) is 9.82. The van der Waals surface area contributed by atoms with Crippen molar-refractivity contribution in [1.29, 1.82) is 0 Å². The number of guanidine groups is 1. The Balaban J connectivity index is 0.00000264. The van der Waals surface area contributed by atoms with Crippen molar-refractivity contribution in [3.05, 3.63) is 51.7 Å². The molecule has 4 nitrogen and oxygen atoms in total. The standard InChI is InChI=1S/C16H21FN4S.HI/c1-12-10-20-15(22-12)8-9-19-16(18-2)21(3)11-13-4-6-14(17)7-5-13;/h4-7,10H,8-9,11H2,1-3H3,(H,18,19);1H. The third kappa shape index (κ3) is 6.42. The van der Waals surface area contributed by atoms with E-state index in [1.165, 1.54) is 17.0 Å². The maximum Gasteiger partial charge on any atom is 0.193 e. The maximum atomic E-state index is 12.9. The predicted octanol–water partition coefficient (Wildman–Crippen LogP) is 3.46. The average molecular weight is 448 g/mol. The Bertz CT molecular complexity index is 627. The summed E-state index contributed by atoms with van der Waals surface area (Å²) in [4.78, 5) is 11.9. The summed E-state index contributed by atoms with van der Waals surface area (Å²) in [5.41, 5.74) is 1.04. The molecule has 0 unspecified atom stereocenters. The Morgan fingerprint density at radius 1 is 1.35 bits per heavy atom. The van der Waals surface area contributed by atoms with Crippen LogP contribution in [-0.2, 0) is 13.0 Å². The van der Waals surface area contributed by atoms with Crippen LogP contribution >= 0.6 is 35.3 Å². The SMILES string of the molecule is CN=C(NCCc1ncc(C)s1)N(C)Cc1ccc(F)cc1.I. The summed E-state index contributed by atoms with van der Waals surface area (Å²) in [6.45, 7) is 3.52. The second-order valence-electron chi connectivity index (χ2n) is 5.07. The molecule has 0 saturated heterocycles. The number of nitrogens with one attached hydrogen (secondary N) is 1. The molecule has 0 atom stereocenters. The summed E-state index contributed by atoms with van der Waals surface area (Å²) in [5, 5.41) is 4.45. The highest BCUT2D eigenvalue weighted by atomic mass is 127. The molecule has 0 aliphatic heterocycles. The van der Waals surface area contributed by atoms with Crippen molar-refractivity contribution in [2.75, 3.05) is 20.6 Å². The van der Waals surface area contributed by atoms with E-state index in [0.717, 1.165) is 29.5 Å². The van der Waals surface area contributed by atoms with Crippen LogP contribution in [0.15, 0.2) is 35.5 Å². The van der Waals surface area contributed by atoms with Gasteiger partial charge in [0.25, 0.3) is 0 Å². The summed E-state index contributed by atoms with van der Waals surface area (Å²) in [5.74, 6) is 0.602. The molecule has 0 spiro atoms. The van der Waals surface area contributed by atoms with Gasteiger partial charge in [-0.3, -0.25) is 4.99 Å². The van der Waals surface area contributed by atoms with E-state index in [0.29, 0.717) is 6.54 Å². The first kappa shape index (κ1) is 19.8. The maximum absolute atomic E-state index is 12.9. The fourth-order valence-electron chi connectivity index (χ4n) is 2.12. The van der Waals surface area contributed by atoms with Crippen LogP contribution in [0.4, 0.5) is 4.39 Å². The molecule has 2 rings (SSSR count). The Morgan fingerprint density at radius 2 is 2.04 bits per heavy atom. The van der Waals surface area contributed by atoms with Gasteiger partial charge in [0.2, 0.25) is 0 Å². The molecule has 0 radical (unpaired) electrons. The molecule has 0 bridgehead atoms. The second-order valence-corrected chi connectivity index (χ2v) is 6.39. The molecule has 2 aromatic rings. The van der Waals surface area contributed by atoms with Crippen molar-refractivity contribution in [3.63, 3.8) is 0 Å². The first-order valence-corrected chi connectivity index (χ1v) is 7.97. The molecule has 1 heterocycles. The average Bonchev–Trinajstić information content (AvgIpc) is 2.91. The van der Waals surface area contributed by atoms with E-state index >= 15 is 0 Å². The number of rotatable bonds is 5. The van der Waals surface area contributed by atoms with Gasteiger partial charge < -0.3 is 10.2 Å². The first-order chi connectivity index (χ1) is 10.6. The van der Waals surface area contributed by atoms with Crippen molar-refractivity contribution in [1.82, 2.24) is 15.2 Å². The van der Waals surface area contributed by atoms with E-state index in [1.54, 1.807) is 30.5 Å². The van der Waals surface area contributed by atoms with Crippen LogP contribution in [0.2, 0.25) is 0 Å². The molecule has 1 N–H and O–H groups in total. The Kier molecular flexibility index (Phi) is 8.46. The number of nitrogens with zero attached hydrogens (tertiary/aromatic N) is 3. The van der Waals surface area contributed by atoms with Gasteiger partial charge >= 0.3 is 0 Å². The minimum atomic E-state index is -0.215. The third-order valence-electron chi connectivity index (χ3n) is 3.20. The fourth-order valence-corrected chi connectivity index (χ4v) is 2.91. The van der Waals surface area contributed by atoms with E-state index in [1.807, 2.05) is 18.1 Å². The van der Waals surface area contributed by atoms with Gasteiger partial charge in [-0.15, -0.1) is 35.3 Å². The van der Waals surface area contributed by atoms with Crippen molar-refractivity contribution in [3.8, 4) is 0 Å². The molecule has 1 aromatic heterocycles. The third-order valence-corrected chi connectivity index (χ3v) is 4.17. The van der Waals surface area contributed by atoms with Gasteiger partial charge in [0.15, 0.2) is 5.96 Å². The summed E-state index contributed by atoms with van der Waals surface area (Å²) < 4.78 is 12.9. The number of aryl methyl sites for hydroxylation is 1. The largest absolute Gasteiger partial charge is 0.356 e. The summed E-state index contributed by atoms with van der Waals surface area (Å²) in [7, 11) is 3.73. The van der Waals surface area contributed by atoms with Crippen molar-refractivity contribution in [2.24, 2.45) is 4.99 Å². The van der Waals surface area contributed by atoms with Gasteiger partial charge in [0, 0.05) is 44.7 Å².